The van der Waals surface area contributed by atoms with Crippen LogP contribution in [-0.4, -0.2) is 24.8 Å². The van der Waals surface area contributed by atoms with Crippen molar-refractivity contribution in [3.05, 3.63) is 70.3 Å². The number of hydrogen-bond acceptors (Lipinski definition) is 6. The fourth-order valence-corrected chi connectivity index (χ4v) is 3.30. The standard InChI is InChI=1S/C20H15F3N4O3/c1-11(10-12-6-3-2-4-7-12)27-17(15-13(28)8-5-9-24-15)25-18-14(19(27)29)16(26-30-18)20(21,22)23/h2-9,11,28H,10H2,1H3/t11-/m1/s1. The van der Waals surface area contributed by atoms with Gasteiger partial charge in [-0.25, -0.2) is 4.98 Å². The van der Waals surface area contributed by atoms with Gasteiger partial charge in [-0.15, -0.1) is 0 Å². The minimum Gasteiger partial charge on any atom is -0.506 e. The van der Waals surface area contributed by atoms with Crippen molar-refractivity contribution in [3.63, 3.8) is 0 Å². The lowest BCUT2D eigenvalue weighted by molar-refractivity contribution is -0.141. The van der Waals surface area contributed by atoms with Crippen LogP contribution >= 0.6 is 0 Å². The number of benzene rings is 1. The Morgan fingerprint density at radius 2 is 1.90 bits per heavy atom. The van der Waals surface area contributed by atoms with Crippen LogP contribution in [0.3, 0.4) is 0 Å². The first kappa shape index (κ1) is 19.6. The fourth-order valence-electron chi connectivity index (χ4n) is 3.30. The molecular weight excluding hydrogens is 401 g/mol. The molecule has 1 N–H and O–H groups in total. The summed E-state index contributed by atoms with van der Waals surface area (Å²) in [6.07, 6.45) is -3.18. The molecule has 0 saturated heterocycles. The zero-order valence-electron chi connectivity index (χ0n) is 15.6. The second kappa shape index (κ2) is 7.29. The van der Waals surface area contributed by atoms with Gasteiger partial charge >= 0.3 is 6.18 Å². The molecule has 0 saturated carbocycles. The molecule has 0 fully saturated rings. The molecule has 0 unspecified atom stereocenters. The molecule has 0 bridgehead atoms. The van der Waals surface area contributed by atoms with Crippen LogP contribution in [0.1, 0.15) is 24.2 Å². The predicted molar refractivity (Wildman–Crippen MR) is 101 cm³/mol. The Bertz CT molecular complexity index is 1270. The summed E-state index contributed by atoms with van der Waals surface area (Å²) in [6.45, 7) is 1.67. The van der Waals surface area contributed by atoms with Crippen LogP contribution in [-0.2, 0) is 12.6 Å². The Morgan fingerprint density at radius 1 is 1.17 bits per heavy atom. The van der Waals surface area contributed by atoms with Gasteiger partial charge in [0.25, 0.3) is 11.3 Å². The highest BCUT2D eigenvalue weighted by Gasteiger charge is 2.40. The lowest BCUT2D eigenvalue weighted by Gasteiger charge is -2.19. The monoisotopic (exact) mass is 416 g/mol. The van der Waals surface area contributed by atoms with E-state index in [2.05, 4.69) is 15.1 Å². The summed E-state index contributed by atoms with van der Waals surface area (Å²) in [5, 5.41) is 12.5. The molecule has 10 heteroatoms. The smallest absolute Gasteiger partial charge is 0.437 e. The summed E-state index contributed by atoms with van der Waals surface area (Å²) in [7, 11) is 0. The molecule has 4 aromatic rings. The van der Waals surface area contributed by atoms with Gasteiger partial charge in [0.15, 0.2) is 5.82 Å². The largest absolute Gasteiger partial charge is 0.506 e. The molecule has 1 atom stereocenters. The van der Waals surface area contributed by atoms with E-state index < -0.39 is 34.6 Å². The Morgan fingerprint density at radius 3 is 2.57 bits per heavy atom. The average molecular weight is 416 g/mol. The van der Waals surface area contributed by atoms with Crippen molar-refractivity contribution >= 4 is 11.1 Å². The van der Waals surface area contributed by atoms with E-state index >= 15 is 0 Å². The summed E-state index contributed by atoms with van der Waals surface area (Å²) in [5.41, 5.74) is -2.17. The van der Waals surface area contributed by atoms with Gasteiger partial charge in [-0.05, 0) is 31.0 Å². The van der Waals surface area contributed by atoms with Crippen LogP contribution in [0.5, 0.6) is 5.75 Å². The first-order chi connectivity index (χ1) is 14.3. The van der Waals surface area contributed by atoms with Crippen LogP contribution < -0.4 is 5.56 Å². The summed E-state index contributed by atoms with van der Waals surface area (Å²) < 4.78 is 45.8. The Kier molecular flexibility index (Phi) is 4.76. The molecule has 4 rings (SSSR count). The first-order valence-electron chi connectivity index (χ1n) is 8.94. The van der Waals surface area contributed by atoms with E-state index in [9.17, 15) is 23.1 Å². The molecule has 0 amide bonds. The maximum atomic E-state index is 13.3. The molecule has 0 radical (unpaired) electrons. The molecule has 3 aromatic heterocycles. The number of nitrogens with zero attached hydrogens (tertiary/aromatic N) is 4. The summed E-state index contributed by atoms with van der Waals surface area (Å²) >= 11 is 0. The van der Waals surface area contributed by atoms with E-state index in [4.69, 9.17) is 4.52 Å². The number of aromatic hydroxyl groups is 1. The van der Waals surface area contributed by atoms with Crippen molar-refractivity contribution in [3.8, 4) is 17.3 Å². The SMILES string of the molecule is C[C@H](Cc1ccccc1)n1c(-c2ncccc2O)nc2onc(C(F)(F)F)c2c1=O. The molecular formula is C20H15F3N4O3. The van der Waals surface area contributed by atoms with Gasteiger partial charge in [0.05, 0.1) is 0 Å². The first-order valence-corrected chi connectivity index (χ1v) is 8.94. The molecule has 30 heavy (non-hydrogen) atoms. The molecule has 0 aliphatic carbocycles. The van der Waals surface area contributed by atoms with Crippen molar-refractivity contribution in [2.75, 3.05) is 0 Å². The minimum atomic E-state index is -4.89. The van der Waals surface area contributed by atoms with Crippen molar-refractivity contribution in [1.29, 1.82) is 0 Å². The van der Waals surface area contributed by atoms with Crippen LogP contribution in [0.4, 0.5) is 13.2 Å². The average Bonchev–Trinajstić information content (AvgIpc) is 3.14. The predicted octanol–water partition coefficient (Wildman–Crippen LogP) is 3.97. The van der Waals surface area contributed by atoms with Crippen molar-refractivity contribution in [2.45, 2.75) is 25.6 Å². The quantitative estimate of drug-likeness (QED) is 0.541. The molecule has 0 aliphatic heterocycles. The number of halogens is 3. The van der Waals surface area contributed by atoms with Crippen LogP contribution in [0.15, 0.2) is 58.0 Å². The Hall–Kier alpha value is -3.69. The van der Waals surface area contributed by atoms with Gasteiger partial charge < -0.3 is 9.63 Å². The summed E-state index contributed by atoms with van der Waals surface area (Å²) in [5.74, 6) is -0.390. The maximum Gasteiger partial charge on any atom is 0.437 e. The van der Waals surface area contributed by atoms with Crippen LogP contribution in [0, 0.1) is 0 Å². The van der Waals surface area contributed by atoms with Crippen molar-refractivity contribution < 1.29 is 22.8 Å². The number of alkyl halides is 3. The molecule has 154 valence electrons. The maximum absolute atomic E-state index is 13.3. The number of hydrogen-bond donors (Lipinski definition) is 1. The highest BCUT2D eigenvalue weighted by atomic mass is 19.4. The third-order valence-corrected chi connectivity index (χ3v) is 4.62. The molecule has 0 aliphatic rings. The number of pyridine rings is 1. The van der Waals surface area contributed by atoms with Crippen LogP contribution in [0.2, 0.25) is 0 Å². The van der Waals surface area contributed by atoms with Gasteiger partial charge in [-0.2, -0.15) is 18.2 Å². The zero-order valence-corrected chi connectivity index (χ0v) is 15.6. The Labute approximate surface area is 167 Å². The van der Waals surface area contributed by atoms with E-state index in [0.29, 0.717) is 6.42 Å². The topological polar surface area (TPSA) is 94.0 Å². The summed E-state index contributed by atoms with van der Waals surface area (Å²) in [6, 6.07) is 11.4. The zero-order chi connectivity index (χ0) is 21.5. The number of aromatic nitrogens is 4. The lowest BCUT2D eigenvalue weighted by atomic mass is 10.1. The molecule has 3 heterocycles. The van der Waals surface area contributed by atoms with E-state index in [1.54, 1.807) is 6.92 Å². The third kappa shape index (κ3) is 3.40. The normalized spacial score (nSPS) is 12.9. The second-order valence-corrected chi connectivity index (χ2v) is 6.73. The number of fused-ring (bicyclic) bond motifs is 1. The van der Waals surface area contributed by atoms with E-state index in [1.807, 2.05) is 30.3 Å². The van der Waals surface area contributed by atoms with Gasteiger partial charge in [0.2, 0.25) is 5.69 Å². The highest BCUT2D eigenvalue weighted by molar-refractivity contribution is 5.78. The molecule has 0 spiro atoms. The fraction of sp³-hybridized carbons (Fsp3) is 0.200. The van der Waals surface area contributed by atoms with Gasteiger partial charge in [0.1, 0.15) is 16.8 Å². The second-order valence-electron chi connectivity index (χ2n) is 6.73. The van der Waals surface area contributed by atoms with E-state index in [-0.39, 0.29) is 17.3 Å². The lowest BCUT2D eigenvalue weighted by Crippen LogP contribution is -2.28. The van der Waals surface area contributed by atoms with Crippen molar-refractivity contribution in [1.82, 2.24) is 19.7 Å². The highest BCUT2D eigenvalue weighted by Crippen LogP contribution is 2.34. The van der Waals surface area contributed by atoms with E-state index in [0.717, 1.165) is 10.1 Å². The van der Waals surface area contributed by atoms with Gasteiger partial charge in [0, 0.05) is 12.2 Å². The van der Waals surface area contributed by atoms with Crippen molar-refractivity contribution in [2.24, 2.45) is 0 Å². The van der Waals surface area contributed by atoms with Gasteiger partial charge in [-0.3, -0.25) is 9.36 Å². The third-order valence-electron chi connectivity index (χ3n) is 4.62. The Balaban J connectivity index is 1.99. The van der Waals surface area contributed by atoms with Gasteiger partial charge in [-0.1, -0.05) is 35.5 Å². The molecule has 7 nitrogen and oxygen atoms in total. The van der Waals surface area contributed by atoms with Crippen LogP contribution in [0.25, 0.3) is 22.6 Å². The molecule has 1 aromatic carbocycles. The minimum absolute atomic E-state index is 0.0543. The van der Waals surface area contributed by atoms with E-state index in [1.165, 1.54) is 18.3 Å². The number of rotatable bonds is 4. The summed E-state index contributed by atoms with van der Waals surface area (Å²) in [4.78, 5) is 21.3.